The molecule has 0 spiro atoms. The second kappa shape index (κ2) is 8.65. The number of carboxylic acid groups (broad SMARTS) is 1. The molecule has 0 unspecified atom stereocenters. The van der Waals surface area contributed by atoms with Gasteiger partial charge in [-0.05, 0) is 30.4 Å². The van der Waals surface area contributed by atoms with Crippen molar-refractivity contribution in [1.82, 2.24) is 9.80 Å². The Labute approximate surface area is 148 Å². The Balaban J connectivity index is 1.84. The number of likely N-dealkylation sites (tertiary alicyclic amines) is 1. The van der Waals surface area contributed by atoms with Crippen LogP contribution in [0.15, 0.2) is 24.3 Å². The molecular weight excluding hydrogens is 320 g/mol. The standard InChI is InChI=1S/C19H26N2O4/c1-3-14-5-4-6-15(11-14)12-17(22)20(2)13-18(23)21-9-7-16(8-10-21)19(24)25/h4-6,11,16H,3,7-10,12-13H2,1-2H3,(H,24,25). The molecule has 1 aromatic rings. The Hall–Kier alpha value is -2.37. The third-order valence-corrected chi connectivity index (χ3v) is 4.75. The molecule has 2 amide bonds. The highest BCUT2D eigenvalue weighted by atomic mass is 16.4. The number of nitrogens with zero attached hydrogens (tertiary/aromatic N) is 2. The molecule has 1 heterocycles. The third-order valence-electron chi connectivity index (χ3n) is 4.75. The van der Waals surface area contributed by atoms with Gasteiger partial charge in [-0.3, -0.25) is 14.4 Å². The van der Waals surface area contributed by atoms with E-state index in [-0.39, 0.29) is 30.7 Å². The van der Waals surface area contributed by atoms with Crippen LogP contribution in [0.4, 0.5) is 0 Å². The van der Waals surface area contributed by atoms with E-state index in [1.54, 1.807) is 11.9 Å². The number of likely N-dealkylation sites (N-methyl/N-ethyl adjacent to an activating group) is 1. The van der Waals surface area contributed by atoms with Crippen molar-refractivity contribution >= 4 is 17.8 Å². The zero-order valence-corrected chi connectivity index (χ0v) is 14.9. The number of piperidine rings is 1. The molecule has 1 aliphatic rings. The summed E-state index contributed by atoms with van der Waals surface area (Å²) in [6.07, 6.45) is 2.15. The number of benzene rings is 1. The van der Waals surface area contributed by atoms with E-state index in [2.05, 4.69) is 6.92 Å². The van der Waals surface area contributed by atoms with Crippen molar-refractivity contribution in [3.63, 3.8) is 0 Å². The minimum atomic E-state index is -0.797. The molecule has 0 radical (unpaired) electrons. The van der Waals surface area contributed by atoms with Crippen LogP contribution in [0, 0.1) is 5.92 Å². The molecule has 1 N–H and O–H groups in total. The SMILES string of the molecule is CCc1cccc(CC(=O)N(C)CC(=O)N2CCC(C(=O)O)CC2)c1. The summed E-state index contributed by atoms with van der Waals surface area (Å²) in [7, 11) is 1.63. The maximum Gasteiger partial charge on any atom is 0.306 e. The van der Waals surface area contributed by atoms with Gasteiger partial charge in [-0.2, -0.15) is 0 Å². The molecule has 1 aromatic carbocycles. The van der Waals surface area contributed by atoms with Crippen LogP contribution < -0.4 is 0 Å². The van der Waals surface area contributed by atoms with Crippen molar-refractivity contribution in [1.29, 1.82) is 0 Å². The molecule has 0 aliphatic carbocycles. The first-order valence-electron chi connectivity index (χ1n) is 8.73. The molecule has 2 rings (SSSR count). The monoisotopic (exact) mass is 346 g/mol. The summed E-state index contributed by atoms with van der Waals surface area (Å²) >= 11 is 0. The van der Waals surface area contributed by atoms with Crippen LogP contribution in [0.3, 0.4) is 0 Å². The van der Waals surface area contributed by atoms with E-state index in [0.717, 1.165) is 12.0 Å². The van der Waals surface area contributed by atoms with Gasteiger partial charge < -0.3 is 14.9 Å². The number of rotatable bonds is 6. The second-order valence-electron chi connectivity index (χ2n) is 6.59. The molecule has 25 heavy (non-hydrogen) atoms. The highest BCUT2D eigenvalue weighted by Gasteiger charge is 2.27. The molecular formula is C19H26N2O4. The molecule has 1 aliphatic heterocycles. The smallest absolute Gasteiger partial charge is 0.306 e. The van der Waals surface area contributed by atoms with Gasteiger partial charge in [0.25, 0.3) is 0 Å². The summed E-state index contributed by atoms with van der Waals surface area (Å²) in [5, 5.41) is 9.00. The van der Waals surface area contributed by atoms with Crippen LogP contribution in [-0.4, -0.2) is 59.4 Å². The fraction of sp³-hybridized carbons (Fsp3) is 0.526. The molecule has 0 aromatic heterocycles. The topological polar surface area (TPSA) is 77.9 Å². The lowest BCUT2D eigenvalue weighted by Gasteiger charge is -2.31. The van der Waals surface area contributed by atoms with Crippen molar-refractivity contribution in [2.45, 2.75) is 32.6 Å². The summed E-state index contributed by atoms with van der Waals surface area (Å²) in [6.45, 7) is 2.98. The van der Waals surface area contributed by atoms with Crippen LogP contribution in [0.25, 0.3) is 0 Å². The fourth-order valence-electron chi connectivity index (χ4n) is 3.04. The highest BCUT2D eigenvalue weighted by Crippen LogP contribution is 2.17. The highest BCUT2D eigenvalue weighted by molar-refractivity contribution is 5.86. The van der Waals surface area contributed by atoms with Gasteiger partial charge in [-0.1, -0.05) is 31.2 Å². The van der Waals surface area contributed by atoms with E-state index in [0.29, 0.717) is 25.9 Å². The van der Waals surface area contributed by atoms with Gasteiger partial charge in [0.2, 0.25) is 11.8 Å². The summed E-state index contributed by atoms with van der Waals surface area (Å²) in [4.78, 5) is 38.7. The van der Waals surface area contributed by atoms with Crippen molar-refractivity contribution in [2.75, 3.05) is 26.7 Å². The molecule has 6 heteroatoms. The minimum absolute atomic E-state index is 0.0318. The van der Waals surface area contributed by atoms with Gasteiger partial charge in [-0.25, -0.2) is 0 Å². The summed E-state index contributed by atoms with van der Waals surface area (Å²) in [5.41, 5.74) is 2.14. The van der Waals surface area contributed by atoms with Crippen molar-refractivity contribution in [3.05, 3.63) is 35.4 Å². The van der Waals surface area contributed by atoms with Crippen molar-refractivity contribution in [2.24, 2.45) is 5.92 Å². The predicted molar refractivity (Wildman–Crippen MR) is 94.1 cm³/mol. The predicted octanol–water partition coefficient (Wildman–Crippen LogP) is 1.57. The quantitative estimate of drug-likeness (QED) is 0.848. The number of hydrogen-bond acceptors (Lipinski definition) is 3. The number of carbonyl (C=O) groups is 3. The van der Waals surface area contributed by atoms with Crippen LogP contribution in [0.2, 0.25) is 0 Å². The van der Waals surface area contributed by atoms with E-state index < -0.39 is 5.97 Å². The zero-order chi connectivity index (χ0) is 18.4. The molecule has 0 bridgehead atoms. The number of carbonyl (C=O) groups excluding carboxylic acids is 2. The Bertz CT molecular complexity index is 636. The van der Waals surface area contributed by atoms with E-state index in [9.17, 15) is 14.4 Å². The third kappa shape index (κ3) is 5.31. The van der Waals surface area contributed by atoms with Gasteiger partial charge in [0.05, 0.1) is 18.9 Å². The van der Waals surface area contributed by atoms with Crippen LogP contribution in [-0.2, 0) is 27.2 Å². The first kappa shape index (κ1) is 19.0. The lowest BCUT2D eigenvalue weighted by atomic mass is 9.97. The number of amides is 2. The second-order valence-corrected chi connectivity index (χ2v) is 6.59. The van der Waals surface area contributed by atoms with Crippen LogP contribution in [0.5, 0.6) is 0 Å². The lowest BCUT2D eigenvalue weighted by molar-refractivity contribution is -0.146. The van der Waals surface area contributed by atoms with E-state index in [1.165, 1.54) is 10.5 Å². The Morgan fingerprint density at radius 2 is 1.84 bits per heavy atom. The van der Waals surface area contributed by atoms with E-state index in [1.807, 2.05) is 24.3 Å². The molecule has 0 saturated carbocycles. The van der Waals surface area contributed by atoms with Gasteiger partial charge in [0.1, 0.15) is 0 Å². The van der Waals surface area contributed by atoms with Gasteiger partial charge in [-0.15, -0.1) is 0 Å². The number of hydrogen-bond donors (Lipinski definition) is 1. The largest absolute Gasteiger partial charge is 0.481 e. The number of carboxylic acids is 1. The first-order chi connectivity index (χ1) is 11.9. The van der Waals surface area contributed by atoms with Crippen LogP contribution >= 0.6 is 0 Å². The fourth-order valence-corrected chi connectivity index (χ4v) is 3.04. The molecule has 1 fully saturated rings. The van der Waals surface area contributed by atoms with E-state index >= 15 is 0 Å². The zero-order valence-electron chi connectivity index (χ0n) is 14.9. The van der Waals surface area contributed by atoms with E-state index in [4.69, 9.17) is 5.11 Å². The molecule has 6 nitrogen and oxygen atoms in total. The number of aliphatic carboxylic acids is 1. The van der Waals surface area contributed by atoms with Crippen molar-refractivity contribution in [3.8, 4) is 0 Å². The van der Waals surface area contributed by atoms with Gasteiger partial charge in [0.15, 0.2) is 0 Å². The lowest BCUT2D eigenvalue weighted by Crippen LogP contribution is -2.45. The summed E-state index contributed by atoms with van der Waals surface area (Å²) in [5.74, 6) is -1.38. The average molecular weight is 346 g/mol. The molecule has 136 valence electrons. The maximum absolute atomic E-state index is 12.3. The summed E-state index contributed by atoms with van der Waals surface area (Å²) < 4.78 is 0. The maximum atomic E-state index is 12.3. The minimum Gasteiger partial charge on any atom is -0.481 e. The van der Waals surface area contributed by atoms with Crippen LogP contribution in [0.1, 0.15) is 30.9 Å². The Kier molecular flexibility index (Phi) is 6.56. The Morgan fingerprint density at radius 3 is 2.44 bits per heavy atom. The normalized spacial score (nSPS) is 15.0. The average Bonchev–Trinajstić information content (AvgIpc) is 2.61. The Morgan fingerprint density at radius 1 is 1.20 bits per heavy atom. The van der Waals surface area contributed by atoms with Gasteiger partial charge in [0, 0.05) is 20.1 Å². The number of aryl methyl sites for hydroxylation is 1. The molecule has 1 saturated heterocycles. The summed E-state index contributed by atoms with van der Waals surface area (Å²) in [6, 6.07) is 7.91. The molecule has 0 atom stereocenters. The first-order valence-corrected chi connectivity index (χ1v) is 8.73. The van der Waals surface area contributed by atoms with Crippen molar-refractivity contribution < 1.29 is 19.5 Å². The van der Waals surface area contributed by atoms with Gasteiger partial charge >= 0.3 is 5.97 Å².